The number of anilines is 1. The molecule has 4 rings (SSSR count). The molecule has 11 heteroatoms. The van der Waals surface area contributed by atoms with Gasteiger partial charge in [-0.15, -0.1) is 0 Å². The third kappa shape index (κ3) is 6.92. The first-order chi connectivity index (χ1) is 16.7. The van der Waals surface area contributed by atoms with Gasteiger partial charge in [0.2, 0.25) is 0 Å². The molecule has 2 heterocycles. The van der Waals surface area contributed by atoms with Gasteiger partial charge in [-0.25, -0.2) is 4.98 Å². The van der Waals surface area contributed by atoms with Crippen LogP contribution in [0.3, 0.4) is 0 Å². The van der Waals surface area contributed by atoms with E-state index in [4.69, 9.17) is 44.3 Å². The Bertz CT molecular complexity index is 1140. The van der Waals surface area contributed by atoms with Gasteiger partial charge >= 0.3 is 0 Å². The average molecular weight is 557 g/mol. The van der Waals surface area contributed by atoms with Crippen LogP contribution in [-0.4, -0.2) is 36.2 Å². The van der Waals surface area contributed by atoms with E-state index in [1.807, 2.05) is 42.1 Å². The summed E-state index contributed by atoms with van der Waals surface area (Å²) in [6, 6.07) is 14.7. The van der Waals surface area contributed by atoms with Gasteiger partial charge in [-0.1, -0.05) is 83.0 Å². The molecule has 3 aromatic rings. The number of aryl methyl sites for hydroxylation is 1. The number of imidazole rings is 1. The first-order valence-electron chi connectivity index (χ1n) is 10.8. The molecule has 2 N–H and O–H groups in total. The highest BCUT2D eigenvalue weighted by Crippen LogP contribution is 2.39. The van der Waals surface area contributed by atoms with Crippen LogP contribution in [0.2, 0.25) is 0 Å². The number of rotatable bonds is 7. The van der Waals surface area contributed by atoms with Crippen molar-refractivity contribution < 1.29 is 19.4 Å². The Kier molecular flexibility index (Phi) is 8.65. The Hall–Kier alpha value is -1.78. The van der Waals surface area contributed by atoms with Crippen LogP contribution in [-0.2, 0) is 27.9 Å². The second-order valence-corrected chi connectivity index (χ2v) is 11.3. The van der Waals surface area contributed by atoms with Crippen molar-refractivity contribution in [2.24, 2.45) is 7.05 Å². The summed E-state index contributed by atoms with van der Waals surface area (Å²) < 4.78 is 12.6. The van der Waals surface area contributed by atoms with Gasteiger partial charge in [0.1, 0.15) is 0 Å². The smallest absolute Gasteiger partial charge is 0.276 e. The van der Waals surface area contributed by atoms with Crippen LogP contribution in [0.1, 0.15) is 35.5 Å². The number of alkyl halides is 3. The largest absolute Gasteiger partial charge is 0.392 e. The van der Waals surface area contributed by atoms with Crippen molar-refractivity contribution in [2.75, 3.05) is 11.1 Å². The van der Waals surface area contributed by atoms with Crippen molar-refractivity contribution in [2.45, 2.75) is 40.5 Å². The van der Waals surface area contributed by atoms with E-state index >= 15 is 0 Å². The number of nitrogens with one attached hydrogen (secondary N) is 1. The predicted octanol–water partition coefficient (Wildman–Crippen LogP) is 5.56. The van der Waals surface area contributed by atoms with Gasteiger partial charge in [-0.3, -0.25) is 4.79 Å². The van der Waals surface area contributed by atoms with Crippen LogP contribution in [0, 0.1) is 0 Å². The highest BCUT2D eigenvalue weighted by atomic mass is 35.6. The SMILES string of the molecule is Cn1ccnc1SCC1CC(c2ccc(CO)cc2)OC(c2ccc(NC(=O)C(Cl)(Cl)Cl)cc2)O1. The lowest BCUT2D eigenvalue weighted by Gasteiger charge is -2.36. The molecule has 1 aliphatic rings. The molecule has 7 nitrogen and oxygen atoms in total. The molecular formula is C24H24Cl3N3O4S. The summed E-state index contributed by atoms with van der Waals surface area (Å²) in [7, 11) is 1.96. The van der Waals surface area contributed by atoms with E-state index < -0.39 is 16.0 Å². The first kappa shape index (κ1) is 26.3. The van der Waals surface area contributed by atoms with Gasteiger partial charge in [0.25, 0.3) is 9.70 Å². The van der Waals surface area contributed by atoms with Crippen LogP contribution < -0.4 is 5.32 Å². The standard InChI is InChI=1S/C24H24Cl3N3O4S/c1-30-11-10-28-23(30)35-14-19-12-20(16-4-2-15(13-31)3-5-16)34-21(33-19)17-6-8-18(9-7-17)29-22(32)24(25,26)27/h2-11,19-21,31H,12-14H2,1H3,(H,29,32). The number of aliphatic hydroxyl groups is 1. The summed E-state index contributed by atoms with van der Waals surface area (Å²) in [6.45, 7) is -0.0123. The van der Waals surface area contributed by atoms with Crippen molar-refractivity contribution in [1.29, 1.82) is 0 Å². The minimum atomic E-state index is -2.05. The van der Waals surface area contributed by atoms with Crippen LogP contribution in [0.15, 0.2) is 66.1 Å². The second kappa shape index (κ2) is 11.5. The Labute approximate surface area is 222 Å². The minimum absolute atomic E-state index is 0.0123. The number of aliphatic hydroxyl groups excluding tert-OH is 1. The molecule has 35 heavy (non-hydrogen) atoms. The van der Waals surface area contributed by atoms with Gasteiger partial charge < -0.3 is 24.5 Å². The number of benzene rings is 2. The lowest BCUT2D eigenvalue weighted by molar-refractivity contribution is -0.245. The highest BCUT2D eigenvalue weighted by molar-refractivity contribution is 7.99. The molecule has 1 amide bonds. The molecule has 2 aromatic carbocycles. The molecule has 1 aromatic heterocycles. The Morgan fingerprint density at radius 1 is 1.14 bits per heavy atom. The molecule has 1 saturated heterocycles. The molecule has 0 bridgehead atoms. The topological polar surface area (TPSA) is 85.6 Å². The zero-order valence-electron chi connectivity index (χ0n) is 18.7. The molecule has 0 aliphatic carbocycles. The van der Waals surface area contributed by atoms with Crippen molar-refractivity contribution in [3.05, 3.63) is 77.6 Å². The molecule has 1 aliphatic heterocycles. The number of halogens is 3. The van der Waals surface area contributed by atoms with Crippen LogP contribution in [0.25, 0.3) is 0 Å². The number of hydrogen-bond donors (Lipinski definition) is 2. The van der Waals surface area contributed by atoms with E-state index in [0.29, 0.717) is 17.9 Å². The van der Waals surface area contributed by atoms with Crippen LogP contribution in [0.4, 0.5) is 5.69 Å². The zero-order valence-corrected chi connectivity index (χ0v) is 21.8. The van der Waals surface area contributed by atoms with Crippen molar-refractivity contribution >= 4 is 58.2 Å². The lowest BCUT2D eigenvalue weighted by atomic mass is 10.0. The van der Waals surface area contributed by atoms with Crippen molar-refractivity contribution in [1.82, 2.24) is 9.55 Å². The van der Waals surface area contributed by atoms with E-state index in [2.05, 4.69) is 10.3 Å². The minimum Gasteiger partial charge on any atom is -0.392 e. The molecule has 0 saturated carbocycles. The quantitative estimate of drug-likeness (QED) is 0.293. The van der Waals surface area contributed by atoms with Crippen LogP contribution in [0.5, 0.6) is 0 Å². The molecule has 3 unspecified atom stereocenters. The Morgan fingerprint density at radius 2 is 1.83 bits per heavy atom. The predicted molar refractivity (Wildman–Crippen MR) is 138 cm³/mol. The third-order valence-corrected chi connectivity index (χ3v) is 7.19. The lowest BCUT2D eigenvalue weighted by Crippen LogP contribution is -2.31. The van der Waals surface area contributed by atoms with Gasteiger partial charge in [-0.2, -0.15) is 0 Å². The van der Waals surface area contributed by atoms with E-state index in [1.165, 1.54) is 0 Å². The number of thioether (sulfide) groups is 1. The zero-order chi connectivity index (χ0) is 25.0. The fraction of sp³-hybridized carbons (Fsp3) is 0.333. The van der Waals surface area contributed by atoms with Crippen LogP contribution >= 0.6 is 46.6 Å². The van der Waals surface area contributed by atoms with E-state index in [0.717, 1.165) is 21.8 Å². The number of ether oxygens (including phenoxy) is 2. The summed E-state index contributed by atoms with van der Waals surface area (Å²) >= 11 is 18.5. The van der Waals surface area contributed by atoms with Gasteiger partial charge in [0.15, 0.2) is 11.4 Å². The maximum absolute atomic E-state index is 11.9. The summed E-state index contributed by atoms with van der Waals surface area (Å²) in [4.78, 5) is 16.3. The monoisotopic (exact) mass is 555 g/mol. The molecule has 0 radical (unpaired) electrons. The number of amides is 1. The van der Waals surface area contributed by atoms with Gasteiger partial charge in [0.05, 0.1) is 18.8 Å². The van der Waals surface area contributed by atoms with Crippen molar-refractivity contribution in [3.63, 3.8) is 0 Å². The fourth-order valence-electron chi connectivity index (χ4n) is 3.61. The molecule has 0 spiro atoms. The Morgan fingerprint density at radius 3 is 2.43 bits per heavy atom. The summed E-state index contributed by atoms with van der Waals surface area (Å²) in [5.74, 6) is -0.0361. The number of aromatic nitrogens is 2. The van der Waals surface area contributed by atoms with Crippen molar-refractivity contribution in [3.8, 4) is 0 Å². The molecular weight excluding hydrogens is 533 g/mol. The van der Waals surface area contributed by atoms with Gasteiger partial charge in [-0.05, 0) is 23.3 Å². The van der Waals surface area contributed by atoms with E-state index in [9.17, 15) is 9.90 Å². The number of carbonyl (C=O) groups excluding carboxylic acids is 1. The second-order valence-electron chi connectivity index (χ2n) is 8.06. The molecule has 186 valence electrons. The average Bonchev–Trinajstić information content (AvgIpc) is 3.27. The number of carbonyl (C=O) groups is 1. The first-order valence-corrected chi connectivity index (χ1v) is 12.9. The number of hydrogen-bond acceptors (Lipinski definition) is 6. The summed E-state index contributed by atoms with van der Waals surface area (Å²) in [5, 5.41) is 12.8. The van der Waals surface area contributed by atoms with E-state index in [-0.39, 0.29) is 18.8 Å². The summed E-state index contributed by atoms with van der Waals surface area (Å²) in [5.41, 5.74) is 3.13. The molecule has 3 atom stereocenters. The number of nitrogens with zero attached hydrogens (tertiary/aromatic N) is 2. The Balaban J connectivity index is 1.51. The summed E-state index contributed by atoms with van der Waals surface area (Å²) in [6.07, 6.45) is 3.44. The molecule has 1 fully saturated rings. The third-order valence-electron chi connectivity index (χ3n) is 5.49. The maximum atomic E-state index is 11.9. The van der Waals surface area contributed by atoms with Gasteiger partial charge in [0, 0.05) is 42.9 Å². The van der Waals surface area contributed by atoms with E-state index in [1.54, 1.807) is 42.2 Å². The maximum Gasteiger partial charge on any atom is 0.276 e. The normalized spacial score (nSPS) is 20.5. The fourth-order valence-corrected chi connectivity index (χ4v) is 4.70. The highest BCUT2D eigenvalue weighted by Gasteiger charge is 2.33.